The molecule has 0 aromatic heterocycles. The minimum absolute atomic E-state index is 0.0918. The van der Waals surface area contributed by atoms with Crippen molar-refractivity contribution in [2.75, 3.05) is 13.1 Å². The lowest BCUT2D eigenvalue weighted by molar-refractivity contribution is -0.136. The van der Waals surface area contributed by atoms with Gasteiger partial charge in [0, 0.05) is 19.1 Å². The molecule has 0 aromatic carbocycles. The van der Waals surface area contributed by atoms with Gasteiger partial charge >= 0.3 is 0 Å². The van der Waals surface area contributed by atoms with Gasteiger partial charge in [0.25, 0.3) is 0 Å². The van der Waals surface area contributed by atoms with E-state index in [2.05, 4.69) is 18.7 Å². The zero-order valence-corrected chi connectivity index (χ0v) is 11.9. The molecule has 2 aliphatic rings. The maximum atomic E-state index is 12.6. The Bertz CT molecular complexity index is 292. The summed E-state index contributed by atoms with van der Waals surface area (Å²) in [6.07, 6.45) is 6.88. The largest absolute Gasteiger partial charge is 0.342 e. The summed E-state index contributed by atoms with van der Waals surface area (Å²) in [6.45, 7) is 6.41. The number of carbonyl (C=O) groups is 1. The molecule has 1 aliphatic heterocycles. The molecule has 1 aliphatic carbocycles. The van der Waals surface area contributed by atoms with Crippen LogP contribution in [0.1, 0.15) is 52.4 Å². The third kappa shape index (κ3) is 3.05. The average molecular weight is 252 g/mol. The maximum absolute atomic E-state index is 12.6. The highest BCUT2D eigenvalue weighted by Gasteiger charge is 2.36. The van der Waals surface area contributed by atoms with E-state index in [1.807, 2.05) is 0 Å². The normalized spacial score (nSPS) is 36.9. The van der Waals surface area contributed by atoms with Crippen LogP contribution >= 0.6 is 0 Å². The first-order valence-electron chi connectivity index (χ1n) is 7.66. The van der Waals surface area contributed by atoms with E-state index in [1.54, 1.807) is 0 Å². The second-order valence-electron chi connectivity index (χ2n) is 6.42. The first kappa shape index (κ1) is 13.9. The van der Waals surface area contributed by atoms with Gasteiger partial charge in [-0.15, -0.1) is 0 Å². The molecule has 2 N–H and O–H groups in total. The highest BCUT2D eigenvalue weighted by molar-refractivity contribution is 5.80. The molecule has 2 fully saturated rings. The summed E-state index contributed by atoms with van der Waals surface area (Å²) in [7, 11) is 0. The Morgan fingerprint density at radius 1 is 1.33 bits per heavy atom. The van der Waals surface area contributed by atoms with Crippen LogP contribution in [0.15, 0.2) is 0 Å². The van der Waals surface area contributed by atoms with Gasteiger partial charge in [0.05, 0.1) is 5.92 Å². The van der Waals surface area contributed by atoms with Crippen molar-refractivity contribution < 1.29 is 4.79 Å². The Morgan fingerprint density at radius 2 is 2.11 bits per heavy atom. The van der Waals surface area contributed by atoms with Crippen LogP contribution < -0.4 is 5.73 Å². The van der Waals surface area contributed by atoms with Crippen LogP contribution in [0.2, 0.25) is 0 Å². The highest BCUT2D eigenvalue weighted by atomic mass is 16.2. The number of likely N-dealkylation sites (tertiary alicyclic amines) is 1. The molecule has 1 saturated carbocycles. The van der Waals surface area contributed by atoms with Crippen LogP contribution in [-0.4, -0.2) is 29.9 Å². The molecular formula is C15H28N2O. The van der Waals surface area contributed by atoms with Gasteiger partial charge in [-0.05, 0) is 43.9 Å². The topological polar surface area (TPSA) is 46.3 Å². The smallest absolute Gasteiger partial charge is 0.227 e. The number of nitrogens with two attached hydrogens (primary N) is 1. The Kier molecular flexibility index (Phi) is 4.66. The molecule has 0 radical (unpaired) electrons. The minimum atomic E-state index is 0.0918. The predicted octanol–water partition coefficient (Wildman–Crippen LogP) is 2.40. The SMILES string of the molecule is CCCC1CCN(C(=O)C2CC(C)CCC2N)C1. The molecule has 2 rings (SSSR count). The summed E-state index contributed by atoms with van der Waals surface area (Å²) in [5.41, 5.74) is 6.16. The summed E-state index contributed by atoms with van der Waals surface area (Å²) in [5.74, 6) is 1.82. The fraction of sp³-hybridized carbons (Fsp3) is 0.933. The van der Waals surface area contributed by atoms with Crippen molar-refractivity contribution in [1.82, 2.24) is 4.90 Å². The van der Waals surface area contributed by atoms with Gasteiger partial charge in [0.15, 0.2) is 0 Å². The highest BCUT2D eigenvalue weighted by Crippen LogP contribution is 2.31. The van der Waals surface area contributed by atoms with Gasteiger partial charge < -0.3 is 10.6 Å². The molecule has 1 saturated heterocycles. The molecule has 0 spiro atoms. The number of carbonyl (C=O) groups excluding carboxylic acids is 1. The number of rotatable bonds is 3. The first-order valence-corrected chi connectivity index (χ1v) is 7.66. The van der Waals surface area contributed by atoms with Gasteiger partial charge in [0.2, 0.25) is 5.91 Å². The predicted molar refractivity (Wildman–Crippen MR) is 74.1 cm³/mol. The number of amides is 1. The monoisotopic (exact) mass is 252 g/mol. The summed E-state index contributed by atoms with van der Waals surface area (Å²) in [4.78, 5) is 14.6. The molecule has 18 heavy (non-hydrogen) atoms. The molecule has 4 unspecified atom stereocenters. The van der Waals surface area contributed by atoms with E-state index in [0.29, 0.717) is 11.8 Å². The van der Waals surface area contributed by atoms with E-state index < -0.39 is 0 Å². The average Bonchev–Trinajstić information content (AvgIpc) is 2.80. The van der Waals surface area contributed by atoms with Crippen LogP contribution in [0.4, 0.5) is 0 Å². The van der Waals surface area contributed by atoms with Crippen molar-refractivity contribution in [2.45, 2.75) is 58.4 Å². The van der Waals surface area contributed by atoms with Crippen molar-refractivity contribution in [3.05, 3.63) is 0 Å². The molecule has 1 amide bonds. The van der Waals surface area contributed by atoms with Crippen LogP contribution in [0, 0.1) is 17.8 Å². The van der Waals surface area contributed by atoms with Crippen molar-refractivity contribution in [3.8, 4) is 0 Å². The van der Waals surface area contributed by atoms with Gasteiger partial charge in [-0.2, -0.15) is 0 Å². The summed E-state index contributed by atoms with van der Waals surface area (Å²) >= 11 is 0. The lowest BCUT2D eigenvalue weighted by Crippen LogP contribution is -2.46. The Hall–Kier alpha value is -0.570. The summed E-state index contributed by atoms with van der Waals surface area (Å²) < 4.78 is 0. The lowest BCUT2D eigenvalue weighted by Gasteiger charge is -2.34. The van der Waals surface area contributed by atoms with E-state index in [4.69, 9.17) is 5.73 Å². The van der Waals surface area contributed by atoms with Gasteiger partial charge in [-0.1, -0.05) is 20.3 Å². The van der Waals surface area contributed by atoms with Gasteiger partial charge in [-0.3, -0.25) is 4.79 Å². The quantitative estimate of drug-likeness (QED) is 0.838. The number of hydrogen-bond donors (Lipinski definition) is 1. The number of nitrogens with zero attached hydrogens (tertiary/aromatic N) is 1. The van der Waals surface area contributed by atoms with Crippen LogP contribution in [0.3, 0.4) is 0 Å². The summed E-state index contributed by atoms with van der Waals surface area (Å²) in [6, 6.07) is 0.0962. The minimum Gasteiger partial charge on any atom is -0.342 e. The van der Waals surface area contributed by atoms with Crippen LogP contribution in [0.5, 0.6) is 0 Å². The fourth-order valence-electron chi connectivity index (χ4n) is 3.60. The van der Waals surface area contributed by atoms with E-state index >= 15 is 0 Å². The van der Waals surface area contributed by atoms with Crippen molar-refractivity contribution in [2.24, 2.45) is 23.5 Å². The van der Waals surface area contributed by atoms with Crippen molar-refractivity contribution in [1.29, 1.82) is 0 Å². The zero-order valence-electron chi connectivity index (χ0n) is 11.9. The fourth-order valence-corrected chi connectivity index (χ4v) is 3.60. The third-order valence-electron chi connectivity index (χ3n) is 4.78. The van der Waals surface area contributed by atoms with Crippen LogP contribution in [-0.2, 0) is 4.79 Å². The molecule has 104 valence electrons. The van der Waals surface area contributed by atoms with Gasteiger partial charge in [-0.25, -0.2) is 0 Å². The second-order valence-corrected chi connectivity index (χ2v) is 6.42. The number of hydrogen-bond acceptors (Lipinski definition) is 2. The molecule has 0 aromatic rings. The van der Waals surface area contributed by atoms with E-state index in [0.717, 1.165) is 31.8 Å². The maximum Gasteiger partial charge on any atom is 0.227 e. The Labute approximate surface area is 111 Å². The first-order chi connectivity index (χ1) is 8.61. The zero-order chi connectivity index (χ0) is 13.1. The standard InChI is InChI=1S/C15H28N2O/c1-3-4-12-7-8-17(10-12)15(18)13-9-11(2)5-6-14(13)16/h11-14H,3-10,16H2,1-2H3. The van der Waals surface area contributed by atoms with E-state index in [1.165, 1.54) is 25.7 Å². The summed E-state index contributed by atoms with van der Waals surface area (Å²) in [5, 5.41) is 0. The van der Waals surface area contributed by atoms with Gasteiger partial charge in [0.1, 0.15) is 0 Å². The van der Waals surface area contributed by atoms with Crippen LogP contribution in [0.25, 0.3) is 0 Å². The molecule has 1 heterocycles. The third-order valence-corrected chi connectivity index (χ3v) is 4.78. The molecule has 3 nitrogen and oxygen atoms in total. The molecule has 3 heteroatoms. The molecular weight excluding hydrogens is 224 g/mol. The molecule has 4 atom stereocenters. The van der Waals surface area contributed by atoms with E-state index in [-0.39, 0.29) is 12.0 Å². The lowest BCUT2D eigenvalue weighted by atomic mass is 9.78. The Balaban J connectivity index is 1.90. The van der Waals surface area contributed by atoms with Crippen molar-refractivity contribution >= 4 is 5.91 Å². The van der Waals surface area contributed by atoms with Crippen molar-refractivity contribution in [3.63, 3.8) is 0 Å². The molecule has 0 bridgehead atoms. The van der Waals surface area contributed by atoms with E-state index in [9.17, 15) is 4.79 Å². The Morgan fingerprint density at radius 3 is 2.83 bits per heavy atom. The second kappa shape index (κ2) is 6.05.